The predicted octanol–water partition coefficient (Wildman–Crippen LogP) is 4.34. The molecule has 2 aromatic heterocycles. The van der Waals surface area contributed by atoms with Crippen LogP contribution in [-0.4, -0.2) is 78.8 Å². The van der Waals surface area contributed by atoms with Gasteiger partial charge in [0.25, 0.3) is 11.8 Å². The van der Waals surface area contributed by atoms with Gasteiger partial charge in [-0.15, -0.1) is 0 Å². The van der Waals surface area contributed by atoms with Gasteiger partial charge in [-0.1, -0.05) is 19.3 Å². The highest BCUT2D eigenvalue weighted by atomic mass is 16.6. The van der Waals surface area contributed by atoms with E-state index in [1.54, 1.807) is 48.7 Å². The number of fused-ring (bicyclic) bond motifs is 2. The summed E-state index contributed by atoms with van der Waals surface area (Å²) in [7, 11) is 2.53. The third-order valence-corrected chi connectivity index (χ3v) is 9.13. The molecule has 0 radical (unpaired) electrons. The number of benzene rings is 3. The van der Waals surface area contributed by atoms with E-state index < -0.39 is 23.9 Å². The number of rotatable bonds is 14. The molecule has 272 valence electrons. The van der Waals surface area contributed by atoms with Crippen molar-refractivity contribution >= 4 is 45.7 Å². The number of aromatic amines is 1. The minimum absolute atomic E-state index is 0.117. The molecule has 0 saturated heterocycles. The summed E-state index contributed by atoms with van der Waals surface area (Å²) in [5.74, 6) is -0.236. The molecule has 1 atom stereocenters. The highest BCUT2D eigenvalue weighted by molar-refractivity contribution is 6.01. The van der Waals surface area contributed by atoms with Gasteiger partial charge in [-0.2, -0.15) is 0 Å². The van der Waals surface area contributed by atoms with Gasteiger partial charge in [0.2, 0.25) is 0 Å². The number of aromatic nitrogens is 3. The molecule has 2 amide bonds. The molecule has 14 heteroatoms. The predicted molar refractivity (Wildman–Crippen MR) is 193 cm³/mol. The number of ether oxygens (including phenoxy) is 4. The van der Waals surface area contributed by atoms with Gasteiger partial charge < -0.3 is 44.9 Å². The molecule has 1 saturated carbocycles. The van der Waals surface area contributed by atoms with E-state index in [0.29, 0.717) is 52.1 Å². The van der Waals surface area contributed by atoms with Gasteiger partial charge in [-0.25, -0.2) is 14.6 Å². The number of hydrogen-bond donors (Lipinski definition) is 4. The molecule has 1 aliphatic rings. The van der Waals surface area contributed by atoms with Crippen LogP contribution in [0.3, 0.4) is 0 Å². The Labute approximate surface area is 299 Å². The zero-order valence-electron chi connectivity index (χ0n) is 29.1. The van der Waals surface area contributed by atoms with Crippen LogP contribution in [0.5, 0.6) is 11.5 Å². The quantitative estimate of drug-likeness (QED) is 0.121. The summed E-state index contributed by atoms with van der Waals surface area (Å²) in [5, 5.41) is 6.13. The highest BCUT2D eigenvalue weighted by Gasteiger charge is 2.28. The third kappa shape index (κ3) is 8.02. The Balaban J connectivity index is 1.27. The lowest BCUT2D eigenvalue weighted by Crippen LogP contribution is -2.34. The topological polar surface area (TPSA) is 189 Å². The molecule has 5 aromatic rings. The SMILES string of the molecule is COC(=O)COc1ccc2[nH]cc(C(NC(=O)c3ccc4c(c3)nc(-c3ccc(OCC(=O)NCCN)cc3)n4C3CCCCC3)C(=O)OC)c2c1. The van der Waals surface area contributed by atoms with E-state index in [4.69, 9.17) is 24.9 Å². The fraction of sp³-hybridized carbons (Fsp3) is 0.342. The van der Waals surface area contributed by atoms with Gasteiger partial charge >= 0.3 is 11.9 Å². The molecule has 0 aliphatic heterocycles. The van der Waals surface area contributed by atoms with Crippen molar-refractivity contribution < 1.29 is 38.1 Å². The van der Waals surface area contributed by atoms with Crippen molar-refractivity contribution in [3.63, 3.8) is 0 Å². The lowest BCUT2D eigenvalue weighted by atomic mass is 9.94. The van der Waals surface area contributed by atoms with Crippen molar-refractivity contribution in [2.45, 2.75) is 44.2 Å². The number of H-pyrrole nitrogens is 1. The first-order chi connectivity index (χ1) is 25.3. The Morgan fingerprint density at radius 1 is 0.923 bits per heavy atom. The highest BCUT2D eigenvalue weighted by Crippen LogP contribution is 2.37. The van der Waals surface area contributed by atoms with Crippen LogP contribution in [0, 0.1) is 0 Å². The fourth-order valence-corrected chi connectivity index (χ4v) is 6.51. The molecular weight excluding hydrogens is 668 g/mol. The molecular formula is C38H42N6O8. The van der Waals surface area contributed by atoms with Crippen molar-refractivity contribution in [1.29, 1.82) is 0 Å². The van der Waals surface area contributed by atoms with Crippen LogP contribution in [0.4, 0.5) is 0 Å². The number of nitrogens with zero attached hydrogens (tertiary/aromatic N) is 2. The molecule has 5 N–H and O–H groups in total. The van der Waals surface area contributed by atoms with Gasteiger partial charge in [0.1, 0.15) is 17.3 Å². The summed E-state index contributed by atoms with van der Waals surface area (Å²) in [6.07, 6.45) is 7.08. The zero-order chi connectivity index (χ0) is 36.6. The number of carbonyl (C=O) groups excluding carboxylic acids is 4. The Kier molecular flexibility index (Phi) is 11.3. The minimum atomic E-state index is -1.15. The monoisotopic (exact) mass is 710 g/mol. The van der Waals surface area contributed by atoms with Gasteiger partial charge in [0.05, 0.1) is 25.3 Å². The molecule has 0 bridgehead atoms. The maximum Gasteiger partial charge on any atom is 0.343 e. The normalized spacial score (nSPS) is 13.8. The summed E-state index contributed by atoms with van der Waals surface area (Å²) >= 11 is 0. The average molecular weight is 711 g/mol. The third-order valence-electron chi connectivity index (χ3n) is 9.13. The van der Waals surface area contributed by atoms with Crippen molar-refractivity contribution in [2.24, 2.45) is 5.73 Å². The maximum atomic E-state index is 13.8. The Morgan fingerprint density at radius 2 is 1.67 bits per heavy atom. The molecule has 1 fully saturated rings. The van der Waals surface area contributed by atoms with Crippen LogP contribution in [0.15, 0.2) is 66.9 Å². The lowest BCUT2D eigenvalue weighted by molar-refractivity contribution is -0.143. The lowest BCUT2D eigenvalue weighted by Gasteiger charge is -2.25. The average Bonchev–Trinajstić information content (AvgIpc) is 3.78. The zero-order valence-corrected chi connectivity index (χ0v) is 29.1. The van der Waals surface area contributed by atoms with Crippen molar-refractivity contribution in [1.82, 2.24) is 25.2 Å². The summed E-state index contributed by atoms with van der Waals surface area (Å²) < 4.78 is 23.2. The smallest absolute Gasteiger partial charge is 0.343 e. The number of nitrogens with one attached hydrogen (secondary N) is 3. The van der Waals surface area contributed by atoms with Crippen LogP contribution < -0.4 is 25.8 Å². The number of hydrogen-bond acceptors (Lipinski definition) is 10. The first-order valence-electron chi connectivity index (χ1n) is 17.2. The largest absolute Gasteiger partial charge is 0.484 e. The van der Waals surface area contributed by atoms with E-state index >= 15 is 0 Å². The van der Waals surface area contributed by atoms with E-state index in [0.717, 1.165) is 42.6 Å². The second-order valence-electron chi connectivity index (χ2n) is 12.5. The van der Waals surface area contributed by atoms with E-state index in [1.807, 2.05) is 18.2 Å². The fourth-order valence-electron chi connectivity index (χ4n) is 6.51. The second-order valence-corrected chi connectivity index (χ2v) is 12.5. The number of imidazole rings is 1. The molecule has 1 unspecified atom stereocenters. The summed E-state index contributed by atoms with van der Waals surface area (Å²) in [6.45, 7) is 0.339. The Bertz CT molecular complexity index is 2070. The molecule has 0 spiro atoms. The molecule has 3 aromatic carbocycles. The minimum Gasteiger partial charge on any atom is -0.484 e. The summed E-state index contributed by atoms with van der Waals surface area (Å²) in [5.41, 5.74) is 9.33. The second kappa shape index (κ2) is 16.4. The van der Waals surface area contributed by atoms with Gasteiger partial charge in [0, 0.05) is 52.9 Å². The number of methoxy groups -OCH3 is 2. The van der Waals surface area contributed by atoms with Crippen LogP contribution >= 0.6 is 0 Å². The van der Waals surface area contributed by atoms with Crippen LogP contribution in [0.25, 0.3) is 33.3 Å². The summed E-state index contributed by atoms with van der Waals surface area (Å²) in [4.78, 5) is 58.6. The van der Waals surface area contributed by atoms with Crippen LogP contribution in [-0.2, 0) is 23.9 Å². The van der Waals surface area contributed by atoms with E-state index in [9.17, 15) is 19.2 Å². The summed E-state index contributed by atoms with van der Waals surface area (Å²) in [6, 6.07) is 17.0. The van der Waals surface area contributed by atoms with Gasteiger partial charge in [0.15, 0.2) is 19.3 Å². The van der Waals surface area contributed by atoms with Crippen molar-refractivity contribution in [2.75, 3.05) is 40.5 Å². The Hall–Kier alpha value is -5.89. The van der Waals surface area contributed by atoms with Crippen molar-refractivity contribution in [3.05, 3.63) is 78.0 Å². The van der Waals surface area contributed by atoms with Crippen LogP contribution in [0.1, 0.15) is 60.1 Å². The standard InChI is InChI=1S/C38H42N6O8/c1-49-34(46)22-52-27-13-14-30-28(19-27)29(20-41-30)35(38(48)50-2)43-37(47)24-10-15-32-31(18-24)42-36(44(32)25-6-4-3-5-7-25)23-8-11-26(12-9-23)51-21-33(45)40-17-16-39/h8-15,18-20,25,35,41H,3-7,16-17,21-22,39H2,1-2H3,(H,40,45)(H,43,47). The molecule has 2 heterocycles. The van der Waals surface area contributed by atoms with E-state index in [2.05, 4.69) is 24.9 Å². The molecule has 52 heavy (non-hydrogen) atoms. The van der Waals surface area contributed by atoms with E-state index in [-0.39, 0.29) is 25.2 Å². The molecule has 1 aliphatic carbocycles. The van der Waals surface area contributed by atoms with Gasteiger partial charge in [-0.3, -0.25) is 9.59 Å². The number of esters is 2. The number of nitrogens with two attached hydrogens (primary N) is 1. The van der Waals surface area contributed by atoms with Crippen molar-refractivity contribution in [3.8, 4) is 22.9 Å². The van der Waals surface area contributed by atoms with Crippen LogP contribution in [0.2, 0.25) is 0 Å². The maximum absolute atomic E-state index is 13.8. The number of amides is 2. The number of carbonyl (C=O) groups is 4. The molecule has 6 rings (SSSR count). The first-order valence-corrected chi connectivity index (χ1v) is 17.2. The Morgan fingerprint density at radius 3 is 2.40 bits per heavy atom. The first kappa shape index (κ1) is 35.9. The van der Waals surface area contributed by atoms with E-state index in [1.165, 1.54) is 20.6 Å². The van der Waals surface area contributed by atoms with Gasteiger partial charge in [-0.05, 0) is 73.5 Å². The molecule has 14 nitrogen and oxygen atoms in total.